The Morgan fingerprint density at radius 3 is 2.76 bits per heavy atom. The van der Waals surface area contributed by atoms with Crippen molar-refractivity contribution in [1.82, 2.24) is 4.90 Å². The first-order chi connectivity index (χ1) is 8.02. The first-order valence-corrected chi connectivity index (χ1v) is 5.87. The molecule has 0 saturated carbocycles. The lowest BCUT2D eigenvalue weighted by Crippen LogP contribution is -2.34. The van der Waals surface area contributed by atoms with Crippen LogP contribution in [0.2, 0.25) is 0 Å². The number of phenols is 1. The van der Waals surface area contributed by atoms with Gasteiger partial charge in [0.2, 0.25) is 0 Å². The summed E-state index contributed by atoms with van der Waals surface area (Å²) in [6.07, 6.45) is 0. The minimum atomic E-state index is 0.0623. The second-order valence-electron chi connectivity index (χ2n) is 4.35. The summed E-state index contributed by atoms with van der Waals surface area (Å²) in [6.45, 7) is 6.46. The molecule has 94 valence electrons. The van der Waals surface area contributed by atoms with Gasteiger partial charge in [0.1, 0.15) is 5.75 Å². The fourth-order valence-electron chi connectivity index (χ4n) is 1.70. The first-order valence-electron chi connectivity index (χ1n) is 5.87. The van der Waals surface area contributed by atoms with Crippen LogP contribution in [0.3, 0.4) is 0 Å². The highest BCUT2D eigenvalue weighted by Crippen LogP contribution is 2.13. The lowest BCUT2D eigenvalue weighted by molar-refractivity contribution is 0.262. The highest BCUT2D eigenvalue weighted by molar-refractivity contribution is 5.79. The summed E-state index contributed by atoms with van der Waals surface area (Å²) >= 11 is 0. The van der Waals surface area contributed by atoms with Gasteiger partial charge in [0, 0.05) is 19.0 Å². The van der Waals surface area contributed by atoms with E-state index in [9.17, 15) is 5.11 Å². The normalized spacial score (nSPS) is 12.6. The number of benzene rings is 1. The summed E-state index contributed by atoms with van der Waals surface area (Å²) in [4.78, 5) is 2.21. The second-order valence-corrected chi connectivity index (χ2v) is 4.35. The number of rotatable bonds is 6. The molecule has 1 aromatic carbocycles. The van der Waals surface area contributed by atoms with E-state index in [1.54, 1.807) is 12.1 Å². The summed E-state index contributed by atoms with van der Waals surface area (Å²) in [5.74, 6) is 0.574. The molecule has 0 radical (unpaired) electrons. The van der Waals surface area contributed by atoms with Gasteiger partial charge in [-0.3, -0.25) is 10.3 Å². The van der Waals surface area contributed by atoms with Crippen molar-refractivity contribution < 1.29 is 5.11 Å². The average molecular weight is 235 g/mol. The van der Waals surface area contributed by atoms with Crippen LogP contribution in [0.4, 0.5) is 0 Å². The Morgan fingerprint density at radius 1 is 1.53 bits per heavy atom. The molecular formula is C13H21N3O. The molecule has 0 aliphatic heterocycles. The van der Waals surface area contributed by atoms with E-state index in [2.05, 4.69) is 11.8 Å². The van der Waals surface area contributed by atoms with Crippen molar-refractivity contribution in [3.63, 3.8) is 0 Å². The number of nitrogens with two attached hydrogens (primary N) is 1. The summed E-state index contributed by atoms with van der Waals surface area (Å²) in [5, 5.41) is 16.8. The van der Waals surface area contributed by atoms with E-state index < -0.39 is 0 Å². The summed E-state index contributed by atoms with van der Waals surface area (Å²) in [6, 6.07) is 7.26. The Kier molecular flexibility index (Phi) is 4.97. The van der Waals surface area contributed by atoms with Gasteiger partial charge in [0.25, 0.3) is 0 Å². The van der Waals surface area contributed by atoms with Crippen molar-refractivity contribution in [3.05, 3.63) is 29.8 Å². The van der Waals surface area contributed by atoms with Gasteiger partial charge < -0.3 is 10.8 Å². The smallest absolute Gasteiger partial charge is 0.115 e. The Morgan fingerprint density at radius 2 is 2.24 bits per heavy atom. The lowest BCUT2D eigenvalue weighted by Gasteiger charge is -2.23. The van der Waals surface area contributed by atoms with Crippen LogP contribution in [0.1, 0.15) is 19.4 Å². The van der Waals surface area contributed by atoms with Crippen molar-refractivity contribution in [3.8, 4) is 5.75 Å². The zero-order valence-electron chi connectivity index (χ0n) is 10.5. The molecule has 0 amide bonds. The SMILES string of the molecule is CCN(Cc1cccc(O)c1)CC(C)C(=N)N. The molecule has 4 N–H and O–H groups in total. The van der Waals surface area contributed by atoms with Gasteiger partial charge in [-0.15, -0.1) is 0 Å². The van der Waals surface area contributed by atoms with E-state index in [0.29, 0.717) is 0 Å². The lowest BCUT2D eigenvalue weighted by atomic mass is 10.1. The van der Waals surface area contributed by atoms with Crippen LogP contribution in [0.15, 0.2) is 24.3 Å². The van der Waals surface area contributed by atoms with E-state index in [-0.39, 0.29) is 17.5 Å². The fraction of sp³-hybridized carbons (Fsp3) is 0.462. The van der Waals surface area contributed by atoms with E-state index in [1.807, 2.05) is 19.1 Å². The third-order valence-electron chi connectivity index (χ3n) is 2.83. The molecule has 0 bridgehead atoms. The van der Waals surface area contributed by atoms with Crippen LogP contribution in [-0.2, 0) is 6.54 Å². The molecule has 4 heteroatoms. The van der Waals surface area contributed by atoms with Crippen molar-refractivity contribution in [1.29, 1.82) is 5.41 Å². The third-order valence-corrected chi connectivity index (χ3v) is 2.83. The maximum Gasteiger partial charge on any atom is 0.115 e. The molecule has 1 unspecified atom stereocenters. The quantitative estimate of drug-likeness (QED) is 0.520. The summed E-state index contributed by atoms with van der Waals surface area (Å²) in [7, 11) is 0. The molecule has 0 heterocycles. The molecule has 17 heavy (non-hydrogen) atoms. The number of amidine groups is 1. The van der Waals surface area contributed by atoms with Gasteiger partial charge in [0.15, 0.2) is 0 Å². The number of phenolic OH excluding ortho intramolecular Hbond substituents is 1. The number of aromatic hydroxyl groups is 1. The van der Waals surface area contributed by atoms with Crippen LogP contribution < -0.4 is 5.73 Å². The average Bonchev–Trinajstić information content (AvgIpc) is 2.27. The second kappa shape index (κ2) is 6.25. The van der Waals surface area contributed by atoms with Crippen LogP contribution in [0, 0.1) is 11.3 Å². The molecule has 0 saturated heterocycles. The highest BCUT2D eigenvalue weighted by atomic mass is 16.3. The zero-order chi connectivity index (χ0) is 12.8. The molecule has 0 aliphatic carbocycles. The number of nitrogens with zero attached hydrogens (tertiary/aromatic N) is 1. The molecule has 0 aromatic heterocycles. The number of hydrogen-bond acceptors (Lipinski definition) is 3. The molecule has 1 aromatic rings. The van der Waals surface area contributed by atoms with Crippen LogP contribution in [-0.4, -0.2) is 28.9 Å². The van der Waals surface area contributed by atoms with Crippen molar-refractivity contribution in [2.75, 3.05) is 13.1 Å². The minimum absolute atomic E-state index is 0.0623. The van der Waals surface area contributed by atoms with Gasteiger partial charge in [-0.25, -0.2) is 0 Å². The fourth-order valence-corrected chi connectivity index (χ4v) is 1.70. The van der Waals surface area contributed by atoms with Gasteiger partial charge in [0.05, 0.1) is 5.84 Å². The molecule has 0 fully saturated rings. The first kappa shape index (κ1) is 13.5. The molecule has 1 atom stereocenters. The predicted octanol–water partition coefficient (Wildman–Crippen LogP) is 1.79. The monoisotopic (exact) mass is 235 g/mol. The predicted molar refractivity (Wildman–Crippen MR) is 70.1 cm³/mol. The largest absolute Gasteiger partial charge is 0.508 e. The standard InChI is InChI=1S/C13H21N3O/c1-3-16(8-10(2)13(14)15)9-11-5-4-6-12(17)7-11/h4-7,10,17H,3,8-9H2,1-2H3,(H3,14,15). The van der Waals surface area contributed by atoms with E-state index >= 15 is 0 Å². The van der Waals surface area contributed by atoms with E-state index in [1.165, 1.54) is 0 Å². The Hall–Kier alpha value is -1.55. The molecule has 1 rings (SSSR count). The molecule has 0 spiro atoms. The molecule has 4 nitrogen and oxygen atoms in total. The van der Waals surface area contributed by atoms with E-state index in [0.717, 1.165) is 25.2 Å². The third kappa shape index (κ3) is 4.44. The Bertz CT molecular complexity index is 379. The topological polar surface area (TPSA) is 73.3 Å². The summed E-state index contributed by atoms with van der Waals surface area (Å²) < 4.78 is 0. The minimum Gasteiger partial charge on any atom is -0.508 e. The van der Waals surface area contributed by atoms with Gasteiger partial charge in [-0.05, 0) is 24.2 Å². The molecule has 0 aliphatic rings. The molecular weight excluding hydrogens is 214 g/mol. The van der Waals surface area contributed by atoms with Gasteiger partial charge in [-0.2, -0.15) is 0 Å². The highest BCUT2D eigenvalue weighted by Gasteiger charge is 2.11. The maximum absolute atomic E-state index is 9.40. The van der Waals surface area contributed by atoms with Crippen LogP contribution in [0.25, 0.3) is 0 Å². The summed E-state index contributed by atoms with van der Waals surface area (Å²) in [5.41, 5.74) is 6.54. The van der Waals surface area contributed by atoms with Crippen molar-refractivity contribution in [2.24, 2.45) is 11.7 Å². The van der Waals surface area contributed by atoms with E-state index in [4.69, 9.17) is 11.1 Å². The number of hydrogen-bond donors (Lipinski definition) is 3. The van der Waals surface area contributed by atoms with Gasteiger partial charge in [-0.1, -0.05) is 26.0 Å². The van der Waals surface area contributed by atoms with Crippen molar-refractivity contribution in [2.45, 2.75) is 20.4 Å². The van der Waals surface area contributed by atoms with Gasteiger partial charge >= 0.3 is 0 Å². The maximum atomic E-state index is 9.40. The Labute approximate surface area is 103 Å². The Balaban J connectivity index is 2.61. The van der Waals surface area contributed by atoms with Crippen molar-refractivity contribution >= 4 is 5.84 Å². The number of nitrogens with one attached hydrogen (secondary N) is 1. The van der Waals surface area contributed by atoms with Crippen LogP contribution in [0.5, 0.6) is 5.75 Å². The van der Waals surface area contributed by atoms with Crippen LogP contribution >= 0.6 is 0 Å². The zero-order valence-corrected chi connectivity index (χ0v) is 10.5.